The van der Waals surface area contributed by atoms with Crippen molar-refractivity contribution in [3.63, 3.8) is 0 Å². The maximum atomic E-state index is 12.0. The first-order chi connectivity index (χ1) is 8.47. The highest BCUT2D eigenvalue weighted by molar-refractivity contribution is 5.98. The van der Waals surface area contributed by atoms with Crippen LogP contribution in [0.5, 0.6) is 0 Å². The number of hydrogen-bond donors (Lipinski definition) is 3. The van der Waals surface area contributed by atoms with Gasteiger partial charge in [-0.1, -0.05) is 13.8 Å². The monoisotopic (exact) mass is 245 g/mol. The van der Waals surface area contributed by atoms with Crippen molar-refractivity contribution in [2.75, 3.05) is 5.73 Å². The summed E-state index contributed by atoms with van der Waals surface area (Å²) in [6.45, 7) is 6.16. The molecule has 0 spiro atoms. The first-order valence-electron chi connectivity index (χ1n) is 6.16. The standard InChI is InChI=1S/C14H19N3O/c1-8(2)9(3)16-14(18)13-7-10-6-11(15)4-5-12(10)17-13/h4-9,17H,15H2,1-3H3,(H,16,18). The van der Waals surface area contributed by atoms with Gasteiger partial charge in [-0.2, -0.15) is 0 Å². The molecule has 0 saturated heterocycles. The minimum absolute atomic E-state index is 0.0778. The number of anilines is 1. The number of fused-ring (bicyclic) bond motifs is 1. The van der Waals surface area contributed by atoms with E-state index >= 15 is 0 Å². The lowest BCUT2D eigenvalue weighted by Gasteiger charge is -2.16. The third-order valence-corrected chi connectivity index (χ3v) is 3.25. The minimum Gasteiger partial charge on any atom is -0.399 e. The number of carbonyl (C=O) groups excluding carboxylic acids is 1. The Labute approximate surface area is 107 Å². The average Bonchev–Trinajstić information content (AvgIpc) is 2.71. The maximum absolute atomic E-state index is 12.0. The van der Waals surface area contributed by atoms with Crippen LogP contribution in [0.2, 0.25) is 0 Å². The molecule has 0 fully saturated rings. The third kappa shape index (κ3) is 2.47. The Hall–Kier alpha value is -1.97. The molecule has 2 aromatic rings. The molecule has 96 valence electrons. The van der Waals surface area contributed by atoms with E-state index < -0.39 is 0 Å². The molecule has 2 rings (SSSR count). The van der Waals surface area contributed by atoms with E-state index in [0.29, 0.717) is 17.3 Å². The first kappa shape index (κ1) is 12.5. The van der Waals surface area contributed by atoms with Crippen molar-refractivity contribution >= 4 is 22.5 Å². The summed E-state index contributed by atoms with van der Waals surface area (Å²) in [4.78, 5) is 15.1. The topological polar surface area (TPSA) is 70.9 Å². The summed E-state index contributed by atoms with van der Waals surface area (Å²) < 4.78 is 0. The molecule has 0 radical (unpaired) electrons. The number of nitrogens with two attached hydrogens (primary N) is 1. The van der Waals surface area contributed by atoms with Gasteiger partial charge in [0.05, 0.1) is 0 Å². The number of hydrogen-bond acceptors (Lipinski definition) is 2. The summed E-state index contributed by atoms with van der Waals surface area (Å²) in [5.41, 5.74) is 7.91. The number of amides is 1. The van der Waals surface area contributed by atoms with Gasteiger partial charge in [0, 0.05) is 22.6 Å². The van der Waals surface area contributed by atoms with Crippen LogP contribution in [0.4, 0.5) is 5.69 Å². The lowest BCUT2D eigenvalue weighted by Crippen LogP contribution is -2.36. The van der Waals surface area contributed by atoms with Crippen molar-refractivity contribution in [2.24, 2.45) is 5.92 Å². The van der Waals surface area contributed by atoms with Gasteiger partial charge >= 0.3 is 0 Å². The lowest BCUT2D eigenvalue weighted by atomic mass is 10.1. The highest BCUT2D eigenvalue weighted by Gasteiger charge is 2.14. The fourth-order valence-electron chi connectivity index (χ4n) is 1.72. The summed E-state index contributed by atoms with van der Waals surface area (Å²) in [6.07, 6.45) is 0. The second-order valence-corrected chi connectivity index (χ2v) is 5.04. The number of nitrogen functional groups attached to an aromatic ring is 1. The lowest BCUT2D eigenvalue weighted by molar-refractivity contribution is 0.0926. The molecule has 1 amide bonds. The smallest absolute Gasteiger partial charge is 0.267 e. The highest BCUT2D eigenvalue weighted by atomic mass is 16.1. The molecule has 18 heavy (non-hydrogen) atoms. The SMILES string of the molecule is CC(C)C(C)NC(=O)c1cc2cc(N)ccc2[nH]1. The molecule has 1 atom stereocenters. The molecule has 0 aliphatic rings. The van der Waals surface area contributed by atoms with Crippen molar-refractivity contribution in [2.45, 2.75) is 26.8 Å². The summed E-state index contributed by atoms with van der Waals surface area (Å²) in [6, 6.07) is 7.53. The van der Waals surface area contributed by atoms with Crippen molar-refractivity contribution in [3.8, 4) is 0 Å². The summed E-state index contributed by atoms with van der Waals surface area (Å²) in [5.74, 6) is 0.333. The first-order valence-corrected chi connectivity index (χ1v) is 6.16. The average molecular weight is 245 g/mol. The van der Waals surface area contributed by atoms with Crippen LogP contribution in [0.1, 0.15) is 31.3 Å². The number of nitrogens with one attached hydrogen (secondary N) is 2. The van der Waals surface area contributed by atoms with E-state index in [0.717, 1.165) is 10.9 Å². The van der Waals surface area contributed by atoms with Gasteiger partial charge in [0.2, 0.25) is 0 Å². The van der Waals surface area contributed by atoms with Crippen LogP contribution in [-0.2, 0) is 0 Å². The molecule has 0 aliphatic heterocycles. The second kappa shape index (κ2) is 4.72. The summed E-state index contributed by atoms with van der Waals surface area (Å²) in [5, 5.41) is 3.93. The van der Waals surface area contributed by atoms with Crippen LogP contribution in [0.25, 0.3) is 10.9 Å². The van der Waals surface area contributed by atoms with E-state index in [9.17, 15) is 4.79 Å². The Kier molecular flexibility index (Phi) is 3.28. The Morgan fingerprint density at radius 3 is 2.67 bits per heavy atom. The number of rotatable bonds is 3. The van der Waals surface area contributed by atoms with Gasteiger partial charge in [0.15, 0.2) is 0 Å². The Balaban J connectivity index is 2.23. The van der Waals surface area contributed by atoms with Gasteiger partial charge in [-0.05, 0) is 37.1 Å². The molecule has 0 aliphatic carbocycles. The zero-order chi connectivity index (χ0) is 13.3. The van der Waals surface area contributed by atoms with E-state index in [1.54, 1.807) is 0 Å². The van der Waals surface area contributed by atoms with Crippen LogP contribution < -0.4 is 11.1 Å². The van der Waals surface area contributed by atoms with E-state index in [2.05, 4.69) is 24.1 Å². The van der Waals surface area contributed by atoms with Crippen LogP contribution >= 0.6 is 0 Å². The van der Waals surface area contributed by atoms with Gasteiger partial charge in [-0.3, -0.25) is 4.79 Å². The summed E-state index contributed by atoms with van der Waals surface area (Å²) in [7, 11) is 0. The van der Waals surface area contributed by atoms with Crippen LogP contribution in [0.15, 0.2) is 24.3 Å². The Morgan fingerprint density at radius 2 is 2.00 bits per heavy atom. The van der Waals surface area contributed by atoms with Gasteiger partial charge in [-0.25, -0.2) is 0 Å². The van der Waals surface area contributed by atoms with Crippen molar-refractivity contribution < 1.29 is 4.79 Å². The van der Waals surface area contributed by atoms with Crippen molar-refractivity contribution in [3.05, 3.63) is 30.0 Å². The van der Waals surface area contributed by atoms with E-state index in [4.69, 9.17) is 5.73 Å². The molecule has 0 saturated carbocycles. The summed E-state index contributed by atoms with van der Waals surface area (Å²) >= 11 is 0. The normalized spacial score (nSPS) is 12.9. The molecule has 0 bridgehead atoms. The van der Waals surface area contributed by atoms with Gasteiger partial charge in [-0.15, -0.1) is 0 Å². The van der Waals surface area contributed by atoms with Gasteiger partial charge in [0.25, 0.3) is 5.91 Å². The number of carbonyl (C=O) groups is 1. The number of aromatic amines is 1. The quantitative estimate of drug-likeness (QED) is 0.727. The molecule has 1 unspecified atom stereocenters. The molecular formula is C14H19N3O. The molecule has 4 nitrogen and oxygen atoms in total. The van der Waals surface area contributed by atoms with Gasteiger partial charge < -0.3 is 16.0 Å². The molecule has 4 N–H and O–H groups in total. The molecule has 1 aromatic heterocycles. The van der Waals surface area contributed by atoms with E-state index in [1.165, 1.54) is 0 Å². The maximum Gasteiger partial charge on any atom is 0.267 e. The van der Waals surface area contributed by atoms with E-state index in [-0.39, 0.29) is 11.9 Å². The van der Waals surface area contributed by atoms with E-state index in [1.807, 2.05) is 31.2 Å². The molecule has 4 heteroatoms. The second-order valence-electron chi connectivity index (χ2n) is 5.04. The molecular weight excluding hydrogens is 226 g/mol. The fourth-order valence-corrected chi connectivity index (χ4v) is 1.72. The fraction of sp³-hybridized carbons (Fsp3) is 0.357. The largest absolute Gasteiger partial charge is 0.399 e. The molecule has 1 aromatic carbocycles. The number of H-pyrrole nitrogens is 1. The zero-order valence-electron chi connectivity index (χ0n) is 10.9. The van der Waals surface area contributed by atoms with Crippen LogP contribution in [-0.4, -0.2) is 16.9 Å². The van der Waals surface area contributed by atoms with Crippen LogP contribution in [0, 0.1) is 5.92 Å². The third-order valence-electron chi connectivity index (χ3n) is 3.25. The van der Waals surface area contributed by atoms with Gasteiger partial charge in [0.1, 0.15) is 5.69 Å². The number of aromatic nitrogens is 1. The predicted octanol–water partition coefficient (Wildman–Crippen LogP) is 2.52. The Bertz CT molecular complexity index is 571. The van der Waals surface area contributed by atoms with Crippen molar-refractivity contribution in [1.82, 2.24) is 10.3 Å². The minimum atomic E-state index is -0.0778. The van der Waals surface area contributed by atoms with Crippen LogP contribution in [0.3, 0.4) is 0 Å². The Morgan fingerprint density at radius 1 is 1.28 bits per heavy atom. The number of benzene rings is 1. The predicted molar refractivity (Wildman–Crippen MR) is 74.5 cm³/mol. The highest BCUT2D eigenvalue weighted by Crippen LogP contribution is 2.18. The molecule has 1 heterocycles. The van der Waals surface area contributed by atoms with Crippen molar-refractivity contribution in [1.29, 1.82) is 0 Å². The zero-order valence-corrected chi connectivity index (χ0v) is 10.9.